The van der Waals surface area contributed by atoms with E-state index in [1.165, 1.54) is 5.56 Å². The van der Waals surface area contributed by atoms with Crippen LogP contribution >= 0.6 is 0 Å². The van der Waals surface area contributed by atoms with Gasteiger partial charge in [0, 0.05) is 39.1 Å². The Morgan fingerprint density at radius 2 is 2.17 bits per heavy atom. The summed E-state index contributed by atoms with van der Waals surface area (Å²) in [5.41, 5.74) is 1.31. The number of aryl methyl sites for hydroxylation is 2. The van der Waals surface area contributed by atoms with Gasteiger partial charge in [0.05, 0.1) is 19.1 Å². The van der Waals surface area contributed by atoms with Gasteiger partial charge in [0.15, 0.2) is 5.96 Å². The fraction of sp³-hybridized carbons (Fsp3) is 0.500. The van der Waals surface area contributed by atoms with Crippen molar-refractivity contribution in [3.05, 3.63) is 54.1 Å². The van der Waals surface area contributed by atoms with Crippen LogP contribution in [0.2, 0.25) is 0 Å². The number of carbonyl (C=O) groups is 1. The number of aliphatic imine (C=N–C) groups is 1. The molecule has 29 heavy (non-hydrogen) atoms. The number of aromatic nitrogens is 2. The summed E-state index contributed by atoms with van der Waals surface area (Å²) in [4.78, 5) is 23.2. The maximum atomic E-state index is 12.1. The van der Waals surface area contributed by atoms with E-state index in [1.54, 1.807) is 7.05 Å². The van der Waals surface area contributed by atoms with Crippen LogP contribution in [0.25, 0.3) is 0 Å². The number of hydrogen-bond acceptors (Lipinski definition) is 4. The molecule has 1 aromatic heterocycles. The fourth-order valence-corrected chi connectivity index (χ4v) is 3.72. The minimum Gasteiger partial charge on any atom is -0.466 e. The summed E-state index contributed by atoms with van der Waals surface area (Å²) in [6.07, 6.45) is 6.64. The van der Waals surface area contributed by atoms with Crippen LogP contribution < -0.4 is 5.32 Å². The zero-order chi connectivity index (χ0) is 20.5. The van der Waals surface area contributed by atoms with Gasteiger partial charge in [-0.2, -0.15) is 0 Å². The number of nitrogens with one attached hydrogen (secondary N) is 1. The second-order valence-electron chi connectivity index (χ2n) is 7.21. The van der Waals surface area contributed by atoms with Crippen molar-refractivity contribution in [2.75, 3.05) is 26.7 Å². The molecule has 0 amide bonds. The molecular formula is C22H31N5O2. The van der Waals surface area contributed by atoms with Crippen molar-refractivity contribution in [1.29, 1.82) is 0 Å². The minimum absolute atomic E-state index is 0.0879. The molecule has 1 saturated heterocycles. The highest BCUT2D eigenvalue weighted by Gasteiger charge is 2.28. The molecule has 1 aliphatic rings. The maximum Gasteiger partial charge on any atom is 0.310 e. The molecule has 0 saturated carbocycles. The molecule has 1 N–H and O–H groups in total. The van der Waals surface area contributed by atoms with Crippen LogP contribution in [-0.2, 0) is 29.0 Å². The van der Waals surface area contributed by atoms with Crippen molar-refractivity contribution >= 4 is 11.9 Å². The Hall–Kier alpha value is -2.83. The van der Waals surface area contributed by atoms with Crippen LogP contribution in [0.3, 0.4) is 0 Å². The van der Waals surface area contributed by atoms with Gasteiger partial charge < -0.3 is 19.5 Å². The van der Waals surface area contributed by atoms with Gasteiger partial charge in [0.1, 0.15) is 5.82 Å². The van der Waals surface area contributed by atoms with E-state index in [-0.39, 0.29) is 11.9 Å². The van der Waals surface area contributed by atoms with Crippen molar-refractivity contribution in [3.63, 3.8) is 0 Å². The van der Waals surface area contributed by atoms with E-state index in [2.05, 4.69) is 49.0 Å². The number of piperidine rings is 1. The van der Waals surface area contributed by atoms with Crippen LogP contribution in [0.4, 0.5) is 0 Å². The Balaban J connectivity index is 1.55. The van der Waals surface area contributed by atoms with Gasteiger partial charge in [0.2, 0.25) is 0 Å². The van der Waals surface area contributed by atoms with Crippen molar-refractivity contribution in [2.24, 2.45) is 10.9 Å². The van der Waals surface area contributed by atoms with E-state index in [0.29, 0.717) is 19.7 Å². The van der Waals surface area contributed by atoms with E-state index >= 15 is 0 Å². The lowest BCUT2D eigenvalue weighted by Gasteiger charge is -2.33. The highest BCUT2D eigenvalue weighted by Crippen LogP contribution is 2.18. The summed E-state index contributed by atoms with van der Waals surface area (Å²) in [5.74, 6) is 1.58. The van der Waals surface area contributed by atoms with Gasteiger partial charge in [-0.15, -0.1) is 0 Å². The second kappa shape index (κ2) is 10.6. The van der Waals surface area contributed by atoms with Crippen molar-refractivity contribution in [2.45, 2.75) is 39.3 Å². The Kier molecular flexibility index (Phi) is 7.67. The summed E-state index contributed by atoms with van der Waals surface area (Å²) in [6, 6.07) is 10.5. The fourth-order valence-electron chi connectivity index (χ4n) is 3.72. The topological polar surface area (TPSA) is 71.8 Å². The zero-order valence-corrected chi connectivity index (χ0v) is 17.4. The number of likely N-dealkylation sites (tertiary alicyclic amines) is 1. The average Bonchev–Trinajstić information content (AvgIpc) is 3.21. The zero-order valence-electron chi connectivity index (χ0n) is 17.4. The first-order valence-corrected chi connectivity index (χ1v) is 10.4. The normalized spacial score (nSPS) is 17.2. The number of ether oxygens (including phenoxy) is 1. The molecule has 1 atom stereocenters. The second-order valence-corrected chi connectivity index (χ2v) is 7.21. The van der Waals surface area contributed by atoms with Gasteiger partial charge in [0.25, 0.3) is 0 Å². The quantitative estimate of drug-likeness (QED) is 0.441. The Bertz CT molecular complexity index is 803. The molecule has 7 nitrogen and oxygen atoms in total. The first-order chi connectivity index (χ1) is 14.2. The maximum absolute atomic E-state index is 12.1. The summed E-state index contributed by atoms with van der Waals surface area (Å²) in [6.45, 7) is 5.27. The van der Waals surface area contributed by atoms with Crippen LogP contribution in [-0.4, -0.2) is 53.1 Å². The Labute approximate surface area is 172 Å². The lowest BCUT2D eigenvalue weighted by Crippen LogP contribution is -2.48. The third kappa shape index (κ3) is 5.82. The smallest absolute Gasteiger partial charge is 0.310 e. The van der Waals surface area contributed by atoms with Crippen LogP contribution in [0.5, 0.6) is 0 Å². The molecule has 2 heterocycles. The van der Waals surface area contributed by atoms with Gasteiger partial charge >= 0.3 is 5.97 Å². The predicted octanol–water partition coefficient (Wildman–Crippen LogP) is 2.48. The number of nitrogens with zero attached hydrogens (tertiary/aromatic N) is 4. The van der Waals surface area contributed by atoms with Crippen molar-refractivity contribution in [3.8, 4) is 0 Å². The molecule has 1 aliphatic heterocycles. The molecule has 0 spiro atoms. The number of guanidine groups is 1. The summed E-state index contributed by atoms with van der Waals surface area (Å²) < 4.78 is 7.37. The molecule has 1 aromatic carbocycles. The molecule has 3 rings (SSSR count). The van der Waals surface area contributed by atoms with Crippen LogP contribution in [0.15, 0.2) is 47.7 Å². The minimum atomic E-state index is -0.107. The number of rotatable bonds is 7. The van der Waals surface area contributed by atoms with Gasteiger partial charge in [-0.25, -0.2) is 4.98 Å². The number of esters is 1. The molecule has 2 aromatic rings. The highest BCUT2D eigenvalue weighted by atomic mass is 16.5. The van der Waals surface area contributed by atoms with E-state index in [1.807, 2.05) is 25.4 Å². The van der Waals surface area contributed by atoms with E-state index in [4.69, 9.17) is 4.74 Å². The monoisotopic (exact) mass is 397 g/mol. The Morgan fingerprint density at radius 1 is 1.34 bits per heavy atom. The summed E-state index contributed by atoms with van der Waals surface area (Å²) >= 11 is 0. The van der Waals surface area contributed by atoms with Crippen LogP contribution in [0.1, 0.15) is 31.2 Å². The Morgan fingerprint density at radius 3 is 2.93 bits per heavy atom. The third-order valence-corrected chi connectivity index (χ3v) is 5.24. The number of benzene rings is 1. The molecule has 7 heteroatoms. The summed E-state index contributed by atoms with van der Waals surface area (Å²) in [7, 11) is 1.78. The SMILES string of the molecule is CCOC(=O)[C@H]1CCCN(C(=NC)NCc2nccn2CCc2ccccc2)C1. The van der Waals surface area contributed by atoms with E-state index in [9.17, 15) is 4.79 Å². The van der Waals surface area contributed by atoms with E-state index < -0.39 is 0 Å². The first kappa shape index (κ1) is 20.9. The molecule has 0 unspecified atom stereocenters. The lowest BCUT2D eigenvalue weighted by molar-refractivity contribution is -0.149. The first-order valence-electron chi connectivity index (χ1n) is 10.4. The van der Waals surface area contributed by atoms with Crippen molar-refractivity contribution < 1.29 is 9.53 Å². The number of carbonyl (C=O) groups excluding carboxylic acids is 1. The average molecular weight is 398 g/mol. The lowest BCUT2D eigenvalue weighted by atomic mass is 9.98. The largest absolute Gasteiger partial charge is 0.466 e. The molecule has 156 valence electrons. The molecule has 0 aliphatic carbocycles. The van der Waals surface area contributed by atoms with Crippen molar-refractivity contribution in [1.82, 2.24) is 19.8 Å². The number of hydrogen-bond donors (Lipinski definition) is 1. The van der Waals surface area contributed by atoms with E-state index in [0.717, 1.165) is 44.1 Å². The standard InChI is InChI=1S/C22H31N5O2/c1-3-29-21(28)19-10-7-13-27(17-19)22(23-2)25-16-20-24-12-15-26(20)14-11-18-8-5-4-6-9-18/h4-6,8-9,12,15,19H,3,7,10-11,13-14,16-17H2,1-2H3,(H,23,25)/t19-/m0/s1. The number of imidazole rings is 1. The van der Waals surface area contributed by atoms with Crippen LogP contribution in [0, 0.1) is 5.92 Å². The molecular weight excluding hydrogens is 366 g/mol. The predicted molar refractivity (Wildman–Crippen MR) is 114 cm³/mol. The molecule has 0 bridgehead atoms. The summed E-state index contributed by atoms with van der Waals surface area (Å²) in [5, 5.41) is 3.41. The van der Waals surface area contributed by atoms with Gasteiger partial charge in [-0.1, -0.05) is 30.3 Å². The highest BCUT2D eigenvalue weighted by molar-refractivity contribution is 5.81. The molecule has 0 radical (unpaired) electrons. The molecule has 1 fully saturated rings. The van der Waals surface area contributed by atoms with Gasteiger partial charge in [-0.05, 0) is 31.7 Å². The van der Waals surface area contributed by atoms with Gasteiger partial charge in [-0.3, -0.25) is 9.79 Å². The third-order valence-electron chi connectivity index (χ3n) is 5.24.